The van der Waals surface area contributed by atoms with Gasteiger partial charge in [0.05, 0.1) is 14.2 Å². The van der Waals surface area contributed by atoms with Gasteiger partial charge >= 0.3 is 0 Å². The van der Waals surface area contributed by atoms with Gasteiger partial charge in [0, 0.05) is 35.1 Å². The minimum Gasteiger partial charge on any atom is -0.497 e. The van der Waals surface area contributed by atoms with Gasteiger partial charge in [0.2, 0.25) is 21.7 Å². The average molecular weight is 508 g/mol. The number of rotatable bonds is 6. The van der Waals surface area contributed by atoms with E-state index in [0.717, 1.165) is 10.0 Å². The van der Waals surface area contributed by atoms with Crippen molar-refractivity contribution in [3.05, 3.63) is 52.8 Å². The summed E-state index contributed by atoms with van der Waals surface area (Å²) in [5.41, 5.74) is 0.850. The van der Waals surface area contributed by atoms with Crippen molar-refractivity contribution in [2.75, 3.05) is 27.3 Å². The topological polar surface area (TPSA) is 94.8 Å². The minimum atomic E-state index is -3.73. The van der Waals surface area contributed by atoms with E-state index < -0.39 is 10.0 Å². The number of methoxy groups -OCH3 is 2. The highest BCUT2D eigenvalue weighted by Gasteiger charge is 2.34. The molecule has 0 spiro atoms. The van der Waals surface area contributed by atoms with Gasteiger partial charge in [-0.3, -0.25) is 0 Å². The van der Waals surface area contributed by atoms with E-state index in [1.165, 1.54) is 24.6 Å². The summed E-state index contributed by atoms with van der Waals surface area (Å²) in [6, 6.07) is 12.4. The van der Waals surface area contributed by atoms with Crippen LogP contribution in [0.15, 0.2) is 56.4 Å². The Morgan fingerprint density at radius 1 is 1.10 bits per heavy atom. The Hall–Kier alpha value is -2.43. The molecule has 0 aliphatic carbocycles. The van der Waals surface area contributed by atoms with Crippen molar-refractivity contribution in [1.82, 2.24) is 14.4 Å². The van der Waals surface area contributed by atoms with Crippen molar-refractivity contribution in [3.8, 4) is 22.9 Å². The molecule has 164 valence electrons. The highest BCUT2D eigenvalue weighted by molar-refractivity contribution is 9.10. The molecule has 0 saturated carbocycles. The number of sulfonamides is 1. The Bertz CT molecular complexity index is 1170. The Morgan fingerprint density at radius 2 is 1.84 bits per heavy atom. The fraction of sp³-hybridized carbons (Fsp3) is 0.333. The maximum Gasteiger partial charge on any atom is 0.246 e. The molecule has 0 amide bonds. The predicted octanol–water partition coefficient (Wildman–Crippen LogP) is 4.08. The Labute approximate surface area is 189 Å². The van der Waals surface area contributed by atoms with Crippen LogP contribution >= 0.6 is 15.9 Å². The fourth-order valence-corrected chi connectivity index (χ4v) is 5.72. The lowest BCUT2D eigenvalue weighted by Crippen LogP contribution is -2.38. The van der Waals surface area contributed by atoms with E-state index in [0.29, 0.717) is 43.4 Å². The Kier molecular flexibility index (Phi) is 6.31. The van der Waals surface area contributed by atoms with Crippen LogP contribution in [0.3, 0.4) is 0 Å². The molecule has 1 saturated heterocycles. The van der Waals surface area contributed by atoms with E-state index in [-0.39, 0.29) is 16.6 Å². The second-order valence-electron chi connectivity index (χ2n) is 7.13. The molecular weight excluding hydrogens is 486 g/mol. The van der Waals surface area contributed by atoms with E-state index in [2.05, 4.69) is 26.1 Å². The van der Waals surface area contributed by atoms with Crippen LogP contribution in [-0.2, 0) is 10.0 Å². The van der Waals surface area contributed by atoms with E-state index in [1.54, 1.807) is 12.1 Å². The monoisotopic (exact) mass is 507 g/mol. The van der Waals surface area contributed by atoms with Gasteiger partial charge in [0.15, 0.2) is 0 Å². The predicted molar refractivity (Wildman–Crippen MR) is 118 cm³/mol. The van der Waals surface area contributed by atoms with Gasteiger partial charge in [-0.1, -0.05) is 33.2 Å². The first-order valence-electron chi connectivity index (χ1n) is 9.74. The summed E-state index contributed by atoms with van der Waals surface area (Å²) in [4.78, 5) is 4.65. The maximum atomic E-state index is 13.2. The van der Waals surface area contributed by atoms with Gasteiger partial charge in [-0.25, -0.2) is 8.42 Å². The van der Waals surface area contributed by atoms with Crippen LogP contribution in [0.25, 0.3) is 11.4 Å². The number of aromatic nitrogens is 2. The molecule has 0 unspecified atom stereocenters. The van der Waals surface area contributed by atoms with Gasteiger partial charge in [-0.2, -0.15) is 9.29 Å². The largest absolute Gasteiger partial charge is 0.497 e. The molecule has 1 aliphatic heterocycles. The van der Waals surface area contributed by atoms with Crippen LogP contribution < -0.4 is 9.47 Å². The van der Waals surface area contributed by atoms with Gasteiger partial charge in [-0.05, 0) is 37.1 Å². The van der Waals surface area contributed by atoms with Crippen molar-refractivity contribution >= 4 is 26.0 Å². The van der Waals surface area contributed by atoms with E-state index >= 15 is 0 Å². The standard InChI is InChI=1S/C21H22BrN3O5S/c1-28-15-7-8-18(29-2)19(13-15)31(26,27)25-11-9-14(10-12-25)21-23-20(24-30-21)16-5-3-4-6-17(16)22/h3-8,13-14H,9-12H2,1-2H3. The molecule has 1 aliphatic rings. The summed E-state index contributed by atoms with van der Waals surface area (Å²) in [5, 5.41) is 4.10. The maximum absolute atomic E-state index is 13.2. The fourth-order valence-electron chi connectivity index (χ4n) is 3.62. The third-order valence-electron chi connectivity index (χ3n) is 5.35. The highest BCUT2D eigenvalue weighted by atomic mass is 79.9. The number of halogens is 1. The van der Waals surface area contributed by atoms with Crippen molar-refractivity contribution in [2.45, 2.75) is 23.7 Å². The SMILES string of the molecule is COc1ccc(OC)c(S(=O)(=O)N2CCC(c3nc(-c4ccccc4Br)no3)CC2)c1. The van der Waals surface area contributed by atoms with Crippen LogP contribution in [0.4, 0.5) is 0 Å². The zero-order chi connectivity index (χ0) is 22.0. The van der Waals surface area contributed by atoms with Crippen molar-refractivity contribution in [1.29, 1.82) is 0 Å². The minimum absolute atomic E-state index is 0.00222. The number of benzene rings is 2. The molecule has 10 heteroatoms. The molecule has 0 N–H and O–H groups in total. The lowest BCUT2D eigenvalue weighted by Gasteiger charge is -2.30. The molecule has 3 aromatic rings. The van der Waals surface area contributed by atoms with Crippen LogP contribution in [0.1, 0.15) is 24.7 Å². The number of nitrogens with zero attached hydrogens (tertiary/aromatic N) is 3. The molecule has 31 heavy (non-hydrogen) atoms. The smallest absolute Gasteiger partial charge is 0.246 e. The third kappa shape index (κ3) is 4.32. The normalized spacial score (nSPS) is 15.7. The number of ether oxygens (including phenoxy) is 2. The molecule has 1 aromatic heterocycles. The zero-order valence-corrected chi connectivity index (χ0v) is 19.5. The lowest BCUT2D eigenvalue weighted by molar-refractivity contribution is 0.270. The highest BCUT2D eigenvalue weighted by Crippen LogP contribution is 2.35. The van der Waals surface area contributed by atoms with Crippen LogP contribution in [0.2, 0.25) is 0 Å². The molecule has 2 heterocycles. The molecular formula is C21H22BrN3O5S. The molecule has 8 nitrogen and oxygen atoms in total. The summed E-state index contributed by atoms with van der Waals surface area (Å²) < 4.78 is 44.8. The van der Waals surface area contributed by atoms with Crippen LogP contribution in [-0.4, -0.2) is 50.2 Å². The van der Waals surface area contributed by atoms with E-state index in [1.807, 2.05) is 24.3 Å². The summed E-state index contributed by atoms with van der Waals surface area (Å²) in [6.07, 6.45) is 1.17. The third-order valence-corrected chi connectivity index (χ3v) is 7.96. The average Bonchev–Trinajstić information content (AvgIpc) is 3.29. The molecule has 0 atom stereocenters. The molecule has 0 radical (unpaired) electrons. The summed E-state index contributed by atoms with van der Waals surface area (Å²) >= 11 is 3.50. The van der Waals surface area contributed by atoms with Crippen molar-refractivity contribution in [2.24, 2.45) is 0 Å². The second-order valence-corrected chi connectivity index (χ2v) is 9.89. The first-order chi connectivity index (χ1) is 14.9. The Balaban J connectivity index is 1.50. The van der Waals surface area contributed by atoms with Crippen LogP contribution in [0, 0.1) is 0 Å². The van der Waals surface area contributed by atoms with E-state index in [4.69, 9.17) is 14.0 Å². The summed E-state index contributed by atoms with van der Waals surface area (Å²) in [6.45, 7) is 0.695. The Morgan fingerprint density at radius 3 is 2.52 bits per heavy atom. The second kappa shape index (κ2) is 8.97. The van der Waals surface area contributed by atoms with E-state index in [9.17, 15) is 8.42 Å². The lowest BCUT2D eigenvalue weighted by atomic mass is 9.98. The summed E-state index contributed by atoms with van der Waals surface area (Å²) in [7, 11) is -0.785. The molecule has 4 rings (SSSR count). The summed E-state index contributed by atoms with van der Waals surface area (Å²) in [5.74, 6) is 1.79. The van der Waals surface area contributed by atoms with Crippen LogP contribution in [0.5, 0.6) is 11.5 Å². The first kappa shape index (κ1) is 21.8. The van der Waals surface area contributed by atoms with Gasteiger partial charge in [0.1, 0.15) is 16.4 Å². The number of hydrogen-bond acceptors (Lipinski definition) is 7. The number of piperidine rings is 1. The molecule has 0 bridgehead atoms. The van der Waals surface area contributed by atoms with Gasteiger partial charge in [0.25, 0.3) is 0 Å². The first-order valence-corrected chi connectivity index (χ1v) is 12.0. The quantitative estimate of drug-likeness (QED) is 0.495. The number of hydrogen-bond donors (Lipinski definition) is 0. The molecule has 1 fully saturated rings. The molecule has 2 aromatic carbocycles. The van der Waals surface area contributed by atoms with Crippen molar-refractivity contribution in [3.63, 3.8) is 0 Å². The van der Waals surface area contributed by atoms with Crippen molar-refractivity contribution < 1.29 is 22.4 Å². The van der Waals surface area contributed by atoms with Gasteiger partial charge < -0.3 is 14.0 Å². The van der Waals surface area contributed by atoms with Gasteiger partial charge in [-0.15, -0.1) is 0 Å². The zero-order valence-electron chi connectivity index (χ0n) is 17.1.